The number of likely N-dealkylation sites (tertiary alicyclic amines) is 1. The Hall–Kier alpha value is -1.06. The van der Waals surface area contributed by atoms with Crippen molar-refractivity contribution in [2.75, 3.05) is 13.1 Å². The molecule has 4 heteroatoms. The highest BCUT2D eigenvalue weighted by molar-refractivity contribution is 5.74. The number of nitrogens with zero attached hydrogens (tertiary/aromatic N) is 1. The Morgan fingerprint density at radius 2 is 2.14 bits per heavy atom. The Morgan fingerprint density at radius 3 is 2.50 bits per heavy atom. The van der Waals surface area contributed by atoms with Gasteiger partial charge in [-0.1, -0.05) is 0 Å². The van der Waals surface area contributed by atoms with E-state index in [2.05, 4.69) is 0 Å². The summed E-state index contributed by atoms with van der Waals surface area (Å²) in [6.45, 7) is 3.23. The van der Waals surface area contributed by atoms with Gasteiger partial charge in [0.25, 0.3) is 0 Å². The lowest BCUT2D eigenvalue weighted by atomic mass is 10.0. The van der Waals surface area contributed by atoms with Crippen molar-refractivity contribution in [1.82, 2.24) is 4.90 Å². The standard InChI is InChI=1S/C10H15NO3/c1-10(7-12,8-3-4-8)14-9(13)11-5-2-6-11/h7-8H,2-6H2,1H3. The molecule has 2 aliphatic rings. The van der Waals surface area contributed by atoms with Crippen molar-refractivity contribution in [2.45, 2.75) is 31.8 Å². The third kappa shape index (κ3) is 1.61. The van der Waals surface area contributed by atoms with Crippen molar-refractivity contribution in [3.8, 4) is 0 Å². The molecule has 14 heavy (non-hydrogen) atoms. The third-order valence-corrected chi connectivity index (χ3v) is 3.04. The lowest BCUT2D eigenvalue weighted by molar-refractivity contribution is -0.126. The van der Waals surface area contributed by atoms with Crippen LogP contribution in [0.4, 0.5) is 4.79 Å². The smallest absolute Gasteiger partial charge is 0.410 e. The van der Waals surface area contributed by atoms with Crippen LogP contribution in [0.2, 0.25) is 0 Å². The predicted octanol–water partition coefficient (Wildman–Crippen LogP) is 1.20. The molecule has 1 amide bonds. The Balaban J connectivity index is 1.92. The summed E-state index contributed by atoms with van der Waals surface area (Å²) in [6, 6.07) is 0. The van der Waals surface area contributed by atoms with E-state index < -0.39 is 5.60 Å². The summed E-state index contributed by atoms with van der Waals surface area (Å²) in [6.07, 6.45) is 3.45. The highest BCUT2D eigenvalue weighted by Crippen LogP contribution is 2.41. The first kappa shape index (κ1) is 9.49. The fourth-order valence-electron chi connectivity index (χ4n) is 1.61. The number of rotatable bonds is 3. The summed E-state index contributed by atoms with van der Waals surface area (Å²) in [5.41, 5.74) is -0.882. The molecule has 1 aliphatic carbocycles. The Morgan fingerprint density at radius 1 is 1.50 bits per heavy atom. The molecule has 1 saturated heterocycles. The maximum absolute atomic E-state index is 11.5. The van der Waals surface area contributed by atoms with Gasteiger partial charge in [-0.3, -0.25) is 4.79 Å². The number of carbonyl (C=O) groups is 2. The van der Waals surface area contributed by atoms with Crippen molar-refractivity contribution in [3.63, 3.8) is 0 Å². The Labute approximate surface area is 83.2 Å². The lowest BCUT2D eigenvalue weighted by Gasteiger charge is -2.33. The molecule has 1 heterocycles. The van der Waals surface area contributed by atoms with Crippen LogP contribution in [0.15, 0.2) is 0 Å². The van der Waals surface area contributed by atoms with E-state index in [1.807, 2.05) is 0 Å². The first-order valence-corrected chi connectivity index (χ1v) is 5.10. The molecule has 0 bridgehead atoms. The minimum Gasteiger partial charge on any atom is -0.435 e. The molecule has 1 unspecified atom stereocenters. The van der Waals surface area contributed by atoms with Crippen molar-refractivity contribution in [1.29, 1.82) is 0 Å². The predicted molar refractivity (Wildman–Crippen MR) is 49.9 cm³/mol. The molecule has 0 aromatic carbocycles. The Kier molecular flexibility index (Phi) is 2.21. The monoisotopic (exact) mass is 197 g/mol. The molecule has 0 spiro atoms. The number of hydrogen-bond acceptors (Lipinski definition) is 3. The minimum atomic E-state index is -0.882. The van der Waals surface area contributed by atoms with Crippen LogP contribution in [-0.4, -0.2) is 36.0 Å². The second kappa shape index (κ2) is 3.26. The molecular formula is C10H15NO3. The van der Waals surface area contributed by atoms with Crippen LogP contribution in [0, 0.1) is 5.92 Å². The lowest BCUT2D eigenvalue weighted by Crippen LogP contribution is -2.47. The van der Waals surface area contributed by atoms with Crippen LogP contribution in [0.5, 0.6) is 0 Å². The largest absolute Gasteiger partial charge is 0.435 e. The second-order valence-corrected chi connectivity index (χ2v) is 4.28. The van der Waals surface area contributed by atoms with Crippen LogP contribution < -0.4 is 0 Å². The summed E-state index contributed by atoms with van der Waals surface area (Å²) < 4.78 is 5.23. The summed E-state index contributed by atoms with van der Waals surface area (Å²) in [7, 11) is 0. The van der Waals surface area contributed by atoms with Crippen molar-refractivity contribution in [2.24, 2.45) is 5.92 Å². The maximum atomic E-state index is 11.5. The summed E-state index contributed by atoms with van der Waals surface area (Å²) in [5.74, 6) is 0.241. The van der Waals surface area contributed by atoms with Crippen molar-refractivity contribution in [3.05, 3.63) is 0 Å². The average Bonchev–Trinajstić information content (AvgIpc) is 2.82. The van der Waals surface area contributed by atoms with Gasteiger partial charge < -0.3 is 9.64 Å². The fraction of sp³-hybridized carbons (Fsp3) is 0.800. The molecule has 1 saturated carbocycles. The zero-order chi connectivity index (χ0) is 10.2. The second-order valence-electron chi connectivity index (χ2n) is 4.28. The molecule has 0 N–H and O–H groups in total. The SMILES string of the molecule is CC(C=O)(OC(=O)N1CCC1)C1CC1. The first-order valence-electron chi connectivity index (χ1n) is 5.10. The van der Waals surface area contributed by atoms with Gasteiger partial charge in [0, 0.05) is 19.0 Å². The quantitative estimate of drug-likeness (QED) is 0.638. The van der Waals surface area contributed by atoms with Gasteiger partial charge in [0.2, 0.25) is 0 Å². The number of ether oxygens (including phenoxy) is 1. The van der Waals surface area contributed by atoms with Crippen molar-refractivity contribution >= 4 is 12.4 Å². The first-order chi connectivity index (χ1) is 6.65. The molecule has 0 radical (unpaired) electrons. The van der Waals surface area contributed by atoms with Gasteiger partial charge in [-0.25, -0.2) is 4.79 Å². The van der Waals surface area contributed by atoms with Gasteiger partial charge in [-0.2, -0.15) is 0 Å². The van der Waals surface area contributed by atoms with Crippen LogP contribution in [-0.2, 0) is 9.53 Å². The van der Waals surface area contributed by atoms with E-state index in [1.165, 1.54) is 0 Å². The number of aldehydes is 1. The van der Waals surface area contributed by atoms with Gasteiger partial charge >= 0.3 is 6.09 Å². The highest BCUT2D eigenvalue weighted by Gasteiger charge is 2.45. The normalized spacial score (nSPS) is 24.8. The summed E-state index contributed by atoms with van der Waals surface area (Å²) in [5, 5.41) is 0. The van der Waals surface area contributed by atoms with Crippen LogP contribution in [0.25, 0.3) is 0 Å². The van der Waals surface area contributed by atoms with E-state index in [0.29, 0.717) is 0 Å². The summed E-state index contributed by atoms with van der Waals surface area (Å²) >= 11 is 0. The molecule has 1 aliphatic heterocycles. The van der Waals surface area contributed by atoms with Gasteiger partial charge in [0.1, 0.15) is 0 Å². The molecular weight excluding hydrogens is 182 g/mol. The van der Waals surface area contributed by atoms with Crippen LogP contribution >= 0.6 is 0 Å². The van der Waals surface area contributed by atoms with Crippen molar-refractivity contribution < 1.29 is 14.3 Å². The zero-order valence-corrected chi connectivity index (χ0v) is 8.36. The zero-order valence-electron chi connectivity index (χ0n) is 8.36. The van der Waals surface area contributed by atoms with E-state index >= 15 is 0 Å². The van der Waals surface area contributed by atoms with Gasteiger partial charge in [0.15, 0.2) is 11.9 Å². The van der Waals surface area contributed by atoms with Crippen LogP contribution in [0.3, 0.4) is 0 Å². The molecule has 0 aromatic heterocycles. The van der Waals surface area contributed by atoms with E-state index in [4.69, 9.17) is 4.74 Å². The number of amides is 1. The topological polar surface area (TPSA) is 46.6 Å². The van der Waals surface area contributed by atoms with E-state index in [9.17, 15) is 9.59 Å². The van der Waals surface area contributed by atoms with E-state index in [1.54, 1.807) is 11.8 Å². The van der Waals surface area contributed by atoms with Gasteiger partial charge in [0.05, 0.1) is 0 Å². The molecule has 78 valence electrons. The fourth-order valence-corrected chi connectivity index (χ4v) is 1.61. The van der Waals surface area contributed by atoms with Crippen LogP contribution in [0.1, 0.15) is 26.2 Å². The third-order valence-electron chi connectivity index (χ3n) is 3.04. The number of carbonyl (C=O) groups excluding carboxylic acids is 2. The van der Waals surface area contributed by atoms with Gasteiger partial charge in [-0.15, -0.1) is 0 Å². The average molecular weight is 197 g/mol. The number of hydrogen-bond donors (Lipinski definition) is 0. The molecule has 2 fully saturated rings. The van der Waals surface area contributed by atoms with E-state index in [-0.39, 0.29) is 12.0 Å². The maximum Gasteiger partial charge on any atom is 0.410 e. The highest BCUT2D eigenvalue weighted by atomic mass is 16.6. The van der Waals surface area contributed by atoms with Gasteiger partial charge in [-0.05, 0) is 26.2 Å². The molecule has 0 aromatic rings. The minimum absolute atomic E-state index is 0.241. The summed E-state index contributed by atoms with van der Waals surface area (Å²) in [4.78, 5) is 24.0. The Bertz CT molecular complexity index is 258. The molecule has 4 nitrogen and oxygen atoms in total. The van der Waals surface area contributed by atoms with E-state index in [0.717, 1.165) is 38.6 Å². The molecule has 2 rings (SSSR count). The molecule has 1 atom stereocenters.